The number of anilines is 3. The van der Waals surface area contributed by atoms with E-state index < -0.39 is 5.97 Å². The summed E-state index contributed by atoms with van der Waals surface area (Å²) in [7, 11) is 0. The molecule has 0 atom stereocenters. The predicted molar refractivity (Wildman–Crippen MR) is 128 cm³/mol. The van der Waals surface area contributed by atoms with Crippen molar-refractivity contribution < 1.29 is 9.90 Å². The number of rotatable bonds is 6. The van der Waals surface area contributed by atoms with Gasteiger partial charge in [-0.25, -0.2) is 4.79 Å². The topological polar surface area (TPSA) is 64.3 Å². The number of aliphatic carboxylic acids is 1. The fourth-order valence-corrected chi connectivity index (χ4v) is 3.48. The Hall–Kier alpha value is -4.62. The summed E-state index contributed by atoms with van der Waals surface area (Å²) in [4.78, 5) is 13.2. The maximum Gasteiger partial charge on any atom is 0.346 e. The number of nitriles is 1. The quantitative estimate of drug-likeness (QED) is 0.277. The molecule has 0 aliphatic rings. The zero-order chi connectivity index (χ0) is 22.3. The van der Waals surface area contributed by atoms with Crippen LogP contribution in [0.1, 0.15) is 5.56 Å². The van der Waals surface area contributed by atoms with Crippen LogP contribution < -0.4 is 4.90 Å². The van der Waals surface area contributed by atoms with Crippen molar-refractivity contribution >= 4 is 29.1 Å². The summed E-state index contributed by atoms with van der Waals surface area (Å²) in [5, 5.41) is 17.9. The highest BCUT2D eigenvalue weighted by Gasteiger charge is 2.12. The molecule has 0 amide bonds. The first-order valence-electron chi connectivity index (χ1n) is 10.1. The molecule has 0 aromatic heterocycles. The average molecular weight is 416 g/mol. The van der Waals surface area contributed by atoms with Crippen LogP contribution in [0.2, 0.25) is 0 Å². The first kappa shape index (κ1) is 20.6. The van der Waals surface area contributed by atoms with Gasteiger partial charge in [-0.15, -0.1) is 0 Å². The van der Waals surface area contributed by atoms with Crippen LogP contribution >= 0.6 is 0 Å². The highest BCUT2D eigenvalue weighted by atomic mass is 16.4. The van der Waals surface area contributed by atoms with Crippen molar-refractivity contribution in [3.63, 3.8) is 0 Å². The number of hydrogen-bond donors (Lipinski definition) is 1. The van der Waals surface area contributed by atoms with Crippen LogP contribution in [0.5, 0.6) is 0 Å². The van der Waals surface area contributed by atoms with Crippen molar-refractivity contribution in [1.29, 1.82) is 5.26 Å². The number of carbonyl (C=O) groups is 1. The molecule has 0 bridgehead atoms. The Balaban J connectivity index is 1.63. The van der Waals surface area contributed by atoms with Gasteiger partial charge in [-0.2, -0.15) is 5.26 Å². The number of carboxylic acids is 1. The van der Waals surface area contributed by atoms with E-state index in [9.17, 15) is 4.79 Å². The third-order valence-electron chi connectivity index (χ3n) is 5.06. The molecule has 4 heteroatoms. The van der Waals surface area contributed by atoms with E-state index in [0.717, 1.165) is 28.2 Å². The predicted octanol–water partition coefficient (Wildman–Crippen LogP) is 6.81. The molecular weight excluding hydrogens is 396 g/mol. The fourth-order valence-electron chi connectivity index (χ4n) is 3.48. The summed E-state index contributed by atoms with van der Waals surface area (Å²) in [6.07, 6.45) is 1.37. The van der Waals surface area contributed by atoms with Gasteiger partial charge in [0.05, 0.1) is 0 Å². The lowest BCUT2D eigenvalue weighted by Crippen LogP contribution is -2.09. The molecule has 0 saturated heterocycles. The molecular formula is C28H20N2O2. The molecule has 154 valence electrons. The largest absolute Gasteiger partial charge is 0.477 e. The van der Waals surface area contributed by atoms with E-state index in [4.69, 9.17) is 10.4 Å². The number of hydrogen-bond acceptors (Lipinski definition) is 3. The first-order valence-corrected chi connectivity index (χ1v) is 10.1. The zero-order valence-corrected chi connectivity index (χ0v) is 17.2. The average Bonchev–Trinajstić information content (AvgIpc) is 2.85. The van der Waals surface area contributed by atoms with E-state index in [0.29, 0.717) is 5.56 Å². The van der Waals surface area contributed by atoms with Crippen molar-refractivity contribution in [2.24, 2.45) is 0 Å². The fraction of sp³-hybridized carbons (Fsp3) is 0. The van der Waals surface area contributed by atoms with Gasteiger partial charge in [0.2, 0.25) is 0 Å². The molecule has 1 N–H and O–H groups in total. The Bertz CT molecular complexity index is 1230. The third-order valence-corrected chi connectivity index (χ3v) is 5.06. The number of para-hydroxylation sites is 2. The molecule has 0 aliphatic heterocycles. The van der Waals surface area contributed by atoms with Crippen molar-refractivity contribution in [2.45, 2.75) is 0 Å². The maximum atomic E-state index is 11.0. The second-order valence-electron chi connectivity index (χ2n) is 7.15. The van der Waals surface area contributed by atoms with Crippen molar-refractivity contribution in [3.05, 3.63) is 120 Å². The van der Waals surface area contributed by atoms with E-state index in [-0.39, 0.29) is 5.57 Å². The Morgan fingerprint density at radius 3 is 1.56 bits per heavy atom. The molecule has 4 aromatic carbocycles. The second-order valence-corrected chi connectivity index (χ2v) is 7.15. The Morgan fingerprint density at radius 2 is 1.12 bits per heavy atom. The zero-order valence-electron chi connectivity index (χ0n) is 17.2. The second kappa shape index (κ2) is 9.46. The minimum Gasteiger partial charge on any atom is -0.477 e. The summed E-state index contributed by atoms with van der Waals surface area (Å²) in [5.41, 5.74) is 5.64. The van der Waals surface area contributed by atoms with Gasteiger partial charge in [0.15, 0.2) is 0 Å². The van der Waals surface area contributed by atoms with Crippen LogP contribution in [-0.4, -0.2) is 11.1 Å². The molecule has 0 fully saturated rings. The molecule has 0 spiro atoms. The van der Waals surface area contributed by atoms with E-state index in [1.165, 1.54) is 6.08 Å². The van der Waals surface area contributed by atoms with Gasteiger partial charge in [-0.3, -0.25) is 0 Å². The third kappa shape index (κ3) is 4.58. The van der Waals surface area contributed by atoms with E-state index in [1.807, 2.05) is 60.7 Å². The SMILES string of the molecule is N#CC(=Cc1ccc(-c2ccc(N(c3ccccc3)c3ccccc3)cc2)cc1)C(=O)O. The Kier molecular flexibility index (Phi) is 6.10. The minimum atomic E-state index is -1.23. The Labute approximate surface area is 186 Å². The molecule has 0 radical (unpaired) electrons. The van der Waals surface area contributed by atoms with Gasteiger partial charge < -0.3 is 10.0 Å². The van der Waals surface area contributed by atoms with E-state index in [2.05, 4.69) is 53.4 Å². The number of carboxylic acid groups (broad SMARTS) is 1. The van der Waals surface area contributed by atoms with Crippen LogP contribution in [0.15, 0.2) is 115 Å². The van der Waals surface area contributed by atoms with E-state index >= 15 is 0 Å². The van der Waals surface area contributed by atoms with Gasteiger partial charge in [-0.05, 0) is 59.2 Å². The van der Waals surface area contributed by atoms with Crippen molar-refractivity contribution in [2.75, 3.05) is 4.90 Å². The molecule has 4 nitrogen and oxygen atoms in total. The van der Waals surface area contributed by atoms with Crippen LogP contribution in [0.4, 0.5) is 17.1 Å². The van der Waals surface area contributed by atoms with E-state index in [1.54, 1.807) is 6.07 Å². The van der Waals surface area contributed by atoms with Crippen LogP contribution in [0.25, 0.3) is 17.2 Å². The molecule has 0 aliphatic carbocycles. The standard InChI is InChI=1S/C28H20N2O2/c29-20-24(28(31)32)19-21-11-13-22(14-12-21)23-15-17-27(18-16-23)30(25-7-3-1-4-8-25)26-9-5-2-6-10-26/h1-19H,(H,31,32). The lowest BCUT2D eigenvalue weighted by Gasteiger charge is -2.25. The summed E-state index contributed by atoms with van der Waals surface area (Å²) in [6.45, 7) is 0. The molecule has 0 saturated carbocycles. The van der Waals surface area contributed by atoms with Gasteiger partial charge in [0, 0.05) is 17.1 Å². The van der Waals surface area contributed by atoms with Crippen molar-refractivity contribution in [1.82, 2.24) is 0 Å². The van der Waals surface area contributed by atoms with Crippen LogP contribution in [0.3, 0.4) is 0 Å². The van der Waals surface area contributed by atoms with Crippen molar-refractivity contribution in [3.8, 4) is 17.2 Å². The highest BCUT2D eigenvalue weighted by molar-refractivity contribution is 5.96. The van der Waals surface area contributed by atoms with Gasteiger partial charge in [0.1, 0.15) is 11.6 Å². The highest BCUT2D eigenvalue weighted by Crippen LogP contribution is 2.35. The van der Waals surface area contributed by atoms with Crippen LogP contribution in [-0.2, 0) is 4.79 Å². The number of benzene rings is 4. The molecule has 32 heavy (non-hydrogen) atoms. The minimum absolute atomic E-state index is 0.288. The molecule has 4 rings (SSSR count). The number of nitrogens with zero attached hydrogens (tertiary/aromatic N) is 2. The normalized spacial score (nSPS) is 10.9. The molecule has 4 aromatic rings. The summed E-state index contributed by atoms with van der Waals surface area (Å²) < 4.78 is 0. The van der Waals surface area contributed by atoms with Gasteiger partial charge >= 0.3 is 5.97 Å². The lowest BCUT2D eigenvalue weighted by molar-refractivity contribution is -0.132. The smallest absolute Gasteiger partial charge is 0.346 e. The summed E-state index contributed by atoms with van der Waals surface area (Å²) >= 11 is 0. The summed E-state index contributed by atoms with van der Waals surface area (Å²) in [6, 6.07) is 37.9. The Morgan fingerprint density at radius 1 is 0.688 bits per heavy atom. The van der Waals surface area contributed by atoms with Gasteiger partial charge in [-0.1, -0.05) is 72.8 Å². The van der Waals surface area contributed by atoms with Crippen LogP contribution in [0, 0.1) is 11.3 Å². The lowest BCUT2D eigenvalue weighted by atomic mass is 10.0. The first-order chi connectivity index (χ1) is 15.7. The summed E-state index contributed by atoms with van der Waals surface area (Å²) in [5.74, 6) is -1.23. The molecule has 0 unspecified atom stereocenters. The monoisotopic (exact) mass is 416 g/mol. The maximum absolute atomic E-state index is 11.0. The van der Waals surface area contributed by atoms with Gasteiger partial charge in [0.25, 0.3) is 0 Å². The molecule has 0 heterocycles.